The van der Waals surface area contributed by atoms with Gasteiger partial charge in [0.2, 0.25) is 5.91 Å². The number of hydrogen-bond donors (Lipinski definition) is 1. The van der Waals surface area contributed by atoms with Gasteiger partial charge in [0.05, 0.1) is 16.7 Å². The maximum Gasteiger partial charge on any atom is 0.264 e. The number of anilines is 1. The van der Waals surface area contributed by atoms with Crippen LogP contribution >= 0.6 is 11.6 Å². The van der Waals surface area contributed by atoms with Gasteiger partial charge in [-0.2, -0.15) is 0 Å². The molecular weight excluding hydrogens is 412 g/mol. The fourth-order valence-corrected chi connectivity index (χ4v) is 4.19. The van der Waals surface area contributed by atoms with Crippen molar-refractivity contribution in [2.45, 2.75) is 38.2 Å². The van der Waals surface area contributed by atoms with Crippen LogP contribution in [0.5, 0.6) is 0 Å². The number of nitrogens with zero attached hydrogens (tertiary/aromatic N) is 1. The molecule has 2 aromatic rings. The Morgan fingerprint density at radius 3 is 2.48 bits per heavy atom. The second-order valence-electron chi connectivity index (χ2n) is 6.88. The first-order valence-corrected chi connectivity index (χ1v) is 11.3. The number of ether oxygens (including phenoxy) is 1. The van der Waals surface area contributed by atoms with Gasteiger partial charge < -0.3 is 10.1 Å². The Labute approximate surface area is 177 Å². The van der Waals surface area contributed by atoms with Gasteiger partial charge >= 0.3 is 0 Å². The lowest BCUT2D eigenvalue weighted by atomic mass is 10.2. The summed E-state index contributed by atoms with van der Waals surface area (Å²) >= 11 is 6.20. The molecule has 0 unspecified atom stereocenters. The topological polar surface area (TPSA) is 75.7 Å². The van der Waals surface area contributed by atoms with Crippen molar-refractivity contribution in [1.82, 2.24) is 5.32 Å². The zero-order chi connectivity index (χ0) is 21.4. The third-order valence-corrected chi connectivity index (χ3v) is 6.35. The van der Waals surface area contributed by atoms with Crippen LogP contribution in [0.1, 0.15) is 25.8 Å². The van der Waals surface area contributed by atoms with E-state index in [1.165, 1.54) is 12.1 Å². The number of aryl methyl sites for hydroxylation is 1. The first kappa shape index (κ1) is 23.2. The molecule has 0 heterocycles. The molecule has 0 spiro atoms. The smallest absolute Gasteiger partial charge is 0.264 e. The van der Waals surface area contributed by atoms with E-state index in [-0.39, 0.29) is 17.5 Å². The molecule has 29 heavy (non-hydrogen) atoms. The number of carbonyl (C=O) groups is 1. The van der Waals surface area contributed by atoms with Crippen LogP contribution in [0.15, 0.2) is 53.4 Å². The van der Waals surface area contributed by atoms with Crippen LogP contribution in [0.4, 0.5) is 5.69 Å². The minimum atomic E-state index is -3.94. The lowest BCUT2D eigenvalue weighted by molar-refractivity contribution is -0.119. The standard InChI is InChI=1S/C21H27ClN2O4S/c1-16(2)28-13-7-12-23-21(25)15-24(18-11-10-17(3)20(22)14-18)29(26,27)19-8-5-4-6-9-19/h4-6,8-11,14,16H,7,12-13,15H2,1-3H3,(H,23,25). The van der Waals surface area contributed by atoms with E-state index < -0.39 is 15.9 Å². The molecule has 158 valence electrons. The number of sulfonamides is 1. The lowest BCUT2D eigenvalue weighted by Gasteiger charge is -2.24. The Hall–Kier alpha value is -2.09. The third kappa shape index (κ3) is 6.73. The molecule has 8 heteroatoms. The second kappa shape index (κ2) is 10.6. The molecule has 0 aromatic heterocycles. The highest BCUT2D eigenvalue weighted by molar-refractivity contribution is 7.92. The van der Waals surface area contributed by atoms with Crippen molar-refractivity contribution in [1.29, 1.82) is 0 Å². The van der Waals surface area contributed by atoms with E-state index in [1.54, 1.807) is 36.4 Å². The van der Waals surface area contributed by atoms with Gasteiger partial charge in [-0.25, -0.2) is 8.42 Å². The van der Waals surface area contributed by atoms with Gasteiger partial charge in [-0.3, -0.25) is 9.10 Å². The van der Waals surface area contributed by atoms with Crippen molar-refractivity contribution in [3.05, 3.63) is 59.1 Å². The maximum atomic E-state index is 13.2. The van der Waals surface area contributed by atoms with Crippen LogP contribution in [-0.2, 0) is 19.6 Å². The van der Waals surface area contributed by atoms with Gasteiger partial charge in [-0.1, -0.05) is 35.9 Å². The zero-order valence-corrected chi connectivity index (χ0v) is 18.5. The first-order valence-electron chi connectivity index (χ1n) is 9.44. The zero-order valence-electron chi connectivity index (χ0n) is 16.9. The predicted molar refractivity (Wildman–Crippen MR) is 116 cm³/mol. The van der Waals surface area contributed by atoms with Crippen LogP contribution in [0, 0.1) is 6.92 Å². The average Bonchev–Trinajstić information content (AvgIpc) is 2.68. The molecule has 0 aliphatic rings. The van der Waals surface area contributed by atoms with Crippen LogP contribution in [-0.4, -0.2) is 40.1 Å². The number of nitrogens with one attached hydrogen (secondary N) is 1. The minimum absolute atomic E-state index is 0.106. The molecule has 2 rings (SSSR count). The number of rotatable bonds is 10. The second-order valence-corrected chi connectivity index (χ2v) is 9.15. The highest BCUT2D eigenvalue weighted by atomic mass is 35.5. The SMILES string of the molecule is Cc1ccc(N(CC(=O)NCCCOC(C)C)S(=O)(=O)c2ccccc2)cc1Cl. The third-order valence-electron chi connectivity index (χ3n) is 4.16. The molecule has 0 atom stereocenters. The summed E-state index contributed by atoms with van der Waals surface area (Å²) in [6, 6.07) is 12.9. The summed E-state index contributed by atoms with van der Waals surface area (Å²) in [4.78, 5) is 12.6. The summed E-state index contributed by atoms with van der Waals surface area (Å²) in [5.74, 6) is -0.397. The molecule has 2 aromatic carbocycles. The number of hydrogen-bond acceptors (Lipinski definition) is 4. The molecule has 0 fully saturated rings. The summed E-state index contributed by atoms with van der Waals surface area (Å²) in [6.07, 6.45) is 0.773. The summed E-state index contributed by atoms with van der Waals surface area (Å²) < 4.78 is 32.9. The van der Waals surface area contributed by atoms with Gasteiger partial charge in [0, 0.05) is 18.2 Å². The van der Waals surface area contributed by atoms with Crippen molar-refractivity contribution in [3.63, 3.8) is 0 Å². The van der Waals surface area contributed by atoms with E-state index in [4.69, 9.17) is 16.3 Å². The quantitative estimate of drug-likeness (QED) is 0.573. The van der Waals surface area contributed by atoms with E-state index in [0.717, 1.165) is 9.87 Å². The molecular formula is C21H27ClN2O4S. The van der Waals surface area contributed by atoms with E-state index in [2.05, 4.69) is 5.32 Å². The van der Waals surface area contributed by atoms with E-state index >= 15 is 0 Å². The Morgan fingerprint density at radius 1 is 1.17 bits per heavy atom. The first-order chi connectivity index (χ1) is 13.7. The van der Waals surface area contributed by atoms with Gasteiger partial charge in [0.1, 0.15) is 6.54 Å². The highest BCUT2D eigenvalue weighted by Crippen LogP contribution is 2.27. The van der Waals surface area contributed by atoms with Crippen molar-refractivity contribution in [2.24, 2.45) is 0 Å². The number of halogens is 1. The predicted octanol–water partition coefficient (Wildman–Crippen LogP) is 3.78. The summed E-state index contributed by atoms with van der Waals surface area (Å²) in [6.45, 7) is 6.29. The van der Waals surface area contributed by atoms with Gasteiger partial charge in [-0.15, -0.1) is 0 Å². The number of carbonyl (C=O) groups excluding carboxylic acids is 1. The van der Waals surface area contributed by atoms with Gasteiger partial charge in [-0.05, 0) is 57.0 Å². The minimum Gasteiger partial charge on any atom is -0.379 e. The van der Waals surface area contributed by atoms with Crippen LogP contribution in [0.3, 0.4) is 0 Å². The summed E-state index contributed by atoms with van der Waals surface area (Å²) in [7, 11) is -3.94. The Balaban J connectivity index is 2.19. The summed E-state index contributed by atoms with van der Waals surface area (Å²) in [5, 5.41) is 3.18. The van der Waals surface area contributed by atoms with Crippen LogP contribution in [0.25, 0.3) is 0 Å². The summed E-state index contributed by atoms with van der Waals surface area (Å²) in [5.41, 5.74) is 1.16. The lowest BCUT2D eigenvalue weighted by Crippen LogP contribution is -2.41. The van der Waals surface area contributed by atoms with Crippen molar-refractivity contribution < 1.29 is 17.9 Å². The van der Waals surface area contributed by atoms with Gasteiger partial charge in [0.15, 0.2) is 0 Å². The van der Waals surface area contributed by atoms with Crippen molar-refractivity contribution >= 4 is 33.2 Å². The van der Waals surface area contributed by atoms with Crippen molar-refractivity contribution in [2.75, 3.05) is 24.0 Å². The molecule has 0 aliphatic carbocycles. The number of benzene rings is 2. The molecule has 0 saturated carbocycles. The molecule has 0 aliphatic heterocycles. The largest absolute Gasteiger partial charge is 0.379 e. The Bertz CT molecular complexity index is 918. The highest BCUT2D eigenvalue weighted by Gasteiger charge is 2.27. The molecule has 0 bridgehead atoms. The molecule has 0 saturated heterocycles. The van der Waals surface area contributed by atoms with Crippen LogP contribution < -0.4 is 9.62 Å². The van der Waals surface area contributed by atoms with E-state index in [0.29, 0.717) is 30.3 Å². The monoisotopic (exact) mass is 438 g/mol. The normalized spacial score (nSPS) is 11.5. The van der Waals surface area contributed by atoms with Crippen molar-refractivity contribution in [3.8, 4) is 0 Å². The number of amides is 1. The Morgan fingerprint density at radius 2 is 1.86 bits per heavy atom. The molecule has 1 N–H and O–H groups in total. The van der Waals surface area contributed by atoms with Gasteiger partial charge in [0.25, 0.3) is 10.0 Å². The fourth-order valence-electron chi connectivity index (χ4n) is 2.58. The fraction of sp³-hybridized carbons (Fsp3) is 0.381. The average molecular weight is 439 g/mol. The van der Waals surface area contributed by atoms with E-state index in [1.807, 2.05) is 20.8 Å². The molecule has 1 amide bonds. The van der Waals surface area contributed by atoms with Crippen LogP contribution in [0.2, 0.25) is 5.02 Å². The molecule has 0 radical (unpaired) electrons. The molecule has 6 nitrogen and oxygen atoms in total. The van der Waals surface area contributed by atoms with E-state index in [9.17, 15) is 13.2 Å². The maximum absolute atomic E-state index is 13.2. The Kier molecular flexibility index (Phi) is 8.49.